The van der Waals surface area contributed by atoms with Crippen LogP contribution in [0.25, 0.3) is 0 Å². The quantitative estimate of drug-likeness (QED) is 0.0374. The Morgan fingerprint density at radius 1 is 0.569 bits per heavy atom. The predicted molar refractivity (Wildman–Crippen MR) is 236 cm³/mol. The van der Waals surface area contributed by atoms with E-state index in [1.807, 2.05) is 0 Å². The van der Waals surface area contributed by atoms with Gasteiger partial charge in [0, 0.05) is 6.42 Å². The fourth-order valence-corrected chi connectivity index (χ4v) is 12.6. The van der Waals surface area contributed by atoms with Crippen LogP contribution in [-0.4, -0.2) is 102 Å². The maximum absolute atomic E-state index is 12.8. The second-order valence-electron chi connectivity index (χ2n) is 22.5. The van der Waals surface area contributed by atoms with Crippen molar-refractivity contribution in [2.24, 2.45) is 46.3 Å². The maximum Gasteiger partial charge on any atom is 0.306 e. The Morgan fingerprint density at radius 3 is 1.66 bits per heavy atom. The first-order valence-electron chi connectivity index (χ1n) is 24.5. The molecule has 0 N–H and O–H groups in total. The molecule has 0 aromatic rings. The number of hydrogen-bond acceptors (Lipinski definition) is 6. The van der Waals surface area contributed by atoms with E-state index in [4.69, 9.17) is 14.2 Å². The van der Waals surface area contributed by atoms with Gasteiger partial charge in [0.15, 0.2) is 0 Å². The van der Waals surface area contributed by atoms with Gasteiger partial charge in [0.1, 0.15) is 6.10 Å². The third-order valence-corrected chi connectivity index (χ3v) is 16.0. The highest BCUT2D eigenvalue weighted by Gasteiger charge is 2.60. The van der Waals surface area contributed by atoms with Gasteiger partial charge in [-0.05, 0) is 149 Å². The molecule has 0 unspecified atom stereocenters. The van der Waals surface area contributed by atoms with E-state index in [-0.39, 0.29) is 36.9 Å². The van der Waals surface area contributed by atoms with Crippen LogP contribution in [0.2, 0.25) is 0 Å². The Labute approximate surface area is 356 Å². The molecule has 4 aliphatic rings. The molecule has 0 amide bonds. The van der Waals surface area contributed by atoms with E-state index in [0.717, 1.165) is 78.1 Å². The summed E-state index contributed by atoms with van der Waals surface area (Å²) in [6, 6.07) is 0. The molecule has 4 saturated carbocycles. The average Bonchev–Trinajstić information content (AvgIpc) is 3.51. The Kier molecular flexibility index (Phi) is 19.4. The Morgan fingerprint density at radius 2 is 1.07 bits per heavy atom. The minimum atomic E-state index is -0.279. The number of hydrogen-bond donors (Lipinski definition) is 0. The van der Waals surface area contributed by atoms with Gasteiger partial charge in [-0.1, -0.05) is 59.3 Å². The third-order valence-electron chi connectivity index (χ3n) is 16.0. The van der Waals surface area contributed by atoms with E-state index >= 15 is 0 Å². The first kappa shape index (κ1) is 49.0. The van der Waals surface area contributed by atoms with Crippen molar-refractivity contribution in [3.05, 3.63) is 0 Å². The molecule has 8 heteroatoms. The lowest BCUT2D eigenvalue weighted by Gasteiger charge is -2.61. The van der Waals surface area contributed by atoms with E-state index in [9.17, 15) is 14.4 Å². The topological polar surface area (TPSA) is 78.9 Å². The van der Waals surface area contributed by atoms with Crippen LogP contribution >= 0.6 is 0 Å². The SMILES string of the molecule is C[C@H](CCC(=O)OCCCCCCCC[N+](C)(C)C)[C@H]1CC[C@H]2[C@@H]3CC[C@@H]4C[C@H](OC(=O)CCC(=O)OCCCCCCCC[N+](C)(C)C)CC[C@]4(C)[C@H]3CC[C@]12C. The zero-order valence-electron chi connectivity index (χ0n) is 39.4. The molecule has 4 fully saturated rings. The van der Waals surface area contributed by atoms with Crippen LogP contribution in [0, 0.1) is 46.3 Å². The maximum atomic E-state index is 12.8. The summed E-state index contributed by atoms with van der Waals surface area (Å²) in [5.41, 5.74) is 0.695. The zero-order valence-corrected chi connectivity index (χ0v) is 39.4. The van der Waals surface area contributed by atoms with Crippen molar-refractivity contribution in [1.82, 2.24) is 0 Å². The Hall–Kier alpha value is -1.67. The van der Waals surface area contributed by atoms with Crippen molar-refractivity contribution in [2.75, 3.05) is 68.6 Å². The molecule has 8 nitrogen and oxygen atoms in total. The summed E-state index contributed by atoms with van der Waals surface area (Å²) in [7, 11) is 13.5. The largest absolute Gasteiger partial charge is 0.466 e. The lowest BCUT2D eigenvalue weighted by Crippen LogP contribution is -2.54. The van der Waals surface area contributed by atoms with Crippen molar-refractivity contribution in [1.29, 1.82) is 0 Å². The second-order valence-corrected chi connectivity index (χ2v) is 22.5. The summed E-state index contributed by atoms with van der Waals surface area (Å²) < 4.78 is 19.2. The molecule has 0 spiro atoms. The number of fused-ring (bicyclic) bond motifs is 5. The lowest BCUT2D eigenvalue weighted by atomic mass is 9.44. The van der Waals surface area contributed by atoms with E-state index < -0.39 is 0 Å². The van der Waals surface area contributed by atoms with Crippen molar-refractivity contribution >= 4 is 17.9 Å². The number of quaternary nitrogens is 2. The molecule has 0 aliphatic heterocycles. The highest BCUT2D eigenvalue weighted by atomic mass is 16.5. The van der Waals surface area contributed by atoms with Gasteiger partial charge in [-0.2, -0.15) is 0 Å². The summed E-state index contributed by atoms with van der Waals surface area (Å²) >= 11 is 0. The molecule has 336 valence electrons. The fraction of sp³-hybridized carbons (Fsp3) is 0.940. The second kappa shape index (κ2) is 23.0. The van der Waals surface area contributed by atoms with Crippen molar-refractivity contribution in [3.8, 4) is 0 Å². The van der Waals surface area contributed by atoms with Crippen molar-refractivity contribution in [2.45, 2.75) is 187 Å². The standard InChI is InChI=1S/C50H92N2O6/c1-39(22-27-46(53)56-36-20-16-12-10-14-18-34-51(4,5)6)43-25-26-44-42-24-23-40-38-41(30-32-49(40,2)45(42)31-33-50(43,44)3)58-48(55)29-28-47(54)57-37-21-17-13-11-15-19-35-52(7,8)9/h39-45H,10-38H2,1-9H3/q+2/t39-,40-,41-,42+,43-,44+,45+,49+,50-/m1/s1. The van der Waals surface area contributed by atoms with Crippen molar-refractivity contribution in [3.63, 3.8) is 0 Å². The van der Waals surface area contributed by atoms with E-state index in [0.29, 0.717) is 48.2 Å². The molecule has 0 saturated heterocycles. The number of ether oxygens (including phenoxy) is 3. The zero-order chi connectivity index (χ0) is 42.4. The highest BCUT2D eigenvalue weighted by Crippen LogP contribution is 2.68. The van der Waals surface area contributed by atoms with Crippen LogP contribution in [0.4, 0.5) is 0 Å². The van der Waals surface area contributed by atoms with Gasteiger partial charge in [-0.15, -0.1) is 0 Å². The highest BCUT2D eigenvalue weighted by molar-refractivity contribution is 5.77. The molecule has 0 radical (unpaired) electrons. The predicted octanol–water partition coefficient (Wildman–Crippen LogP) is 10.9. The van der Waals surface area contributed by atoms with Gasteiger partial charge in [0.25, 0.3) is 0 Å². The van der Waals surface area contributed by atoms with E-state index in [2.05, 4.69) is 63.1 Å². The minimum absolute atomic E-state index is 0.00160. The first-order valence-corrected chi connectivity index (χ1v) is 24.5. The molecular weight excluding hydrogens is 725 g/mol. The minimum Gasteiger partial charge on any atom is -0.466 e. The first-order chi connectivity index (χ1) is 27.4. The van der Waals surface area contributed by atoms with Gasteiger partial charge in [-0.3, -0.25) is 14.4 Å². The van der Waals surface area contributed by atoms with Crippen LogP contribution in [0.1, 0.15) is 181 Å². The summed E-state index contributed by atoms with van der Waals surface area (Å²) in [6.45, 7) is 11.1. The van der Waals surface area contributed by atoms with Gasteiger partial charge >= 0.3 is 17.9 Å². The van der Waals surface area contributed by atoms with Crippen LogP contribution in [-0.2, 0) is 28.6 Å². The molecule has 0 aromatic carbocycles. The smallest absolute Gasteiger partial charge is 0.306 e. The number of esters is 3. The summed E-state index contributed by atoms with van der Waals surface area (Å²) in [5, 5.41) is 0. The fourth-order valence-electron chi connectivity index (χ4n) is 12.6. The Balaban J connectivity index is 1.09. The van der Waals surface area contributed by atoms with Crippen LogP contribution in [0.15, 0.2) is 0 Å². The van der Waals surface area contributed by atoms with Gasteiger partial charge in [0.2, 0.25) is 0 Å². The summed E-state index contributed by atoms with van der Waals surface area (Å²) in [6.07, 6.45) is 26.8. The number of nitrogens with zero attached hydrogens (tertiary/aromatic N) is 2. The molecule has 9 atom stereocenters. The molecular formula is C50H92N2O6+2. The van der Waals surface area contributed by atoms with Crippen molar-refractivity contribution < 1.29 is 37.6 Å². The number of carbonyl (C=O) groups is 3. The van der Waals surface area contributed by atoms with Crippen LogP contribution in [0.5, 0.6) is 0 Å². The van der Waals surface area contributed by atoms with E-state index in [1.165, 1.54) is 103 Å². The van der Waals surface area contributed by atoms with Gasteiger partial charge in [-0.25, -0.2) is 0 Å². The van der Waals surface area contributed by atoms with Crippen LogP contribution < -0.4 is 0 Å². The number of carbonyl (C=O) groups excluding carboxylic acids is 3. The van der Waals surface area contributed by atoms with E-state index in [1.54, 1.807) is 0 Å². The normalized spacial score (nSPS) is 30.2. The summed E-state index contributed by atoms with van der Waals surface area (Å²) in [5.74, 6) is 3.67. The molecule has 4 rings (SSSR count). The average molecular weight is 817 g/mol. The molecule has 0 bridgehead atoms. The molecule has 4 aliphatic carbocycles. The molecule has 58 heavy (non-hydrogen) atoms. The third kappa shape index (κ3) is 15.4. The van der Waals surface area contributed by atoms with Gasteiger partial charge in [0.05, 0.1) is 81.4 Å². The Bertz CT molecular complexity index is 1260. The summed E-state index contributed by atoms with van der Waals surface area (Å²) in [4.78, 5) is 37.9. The van der Waals surface area contributed by atoms with Gasteiger partial charge < -0.3 is 23.2 Å². The molecule has 0 heterocycles. The van der Waals surface area contributed by atoms with Crippen LogP contribution in [0.3, 0.4) is 0 Å². The number of rotatable bonds is 26. The lowest BCUT2D eigenvalue weighted by molar-refractivity contribution is -0.870. The molecule has 0 aromatic heterocycles. The monoisotopic (exact) mass is 817 g/mol. The number of unbranched alkanes of at least 4 members (excludes halogenated alkanes) is 10.